The topological polar surface area (TPSA) is 178 Å². The molecule has 0 bridgehead atoms. The maximum absolute atomic E-state index is 11.5. The fourth-order valence-electron chi connectivity index (χ4n) is 5.25. The first-order valence-corrected chi connectivity index (χ1v) is 19.9. The molecule has 324 valence electrons. The summed E-state index contributed by atoms with van der Waals surface area (Å²) in [4.78, 5) is 67.7. The van der Waals surface area contributed by atoms with E-state index in [1.807, 2.05) is 41.5 Å². The first kappa shape index (κ1) is 56.1. The van der Waals surface area contributed by atoms with Gasteiger partial charge >= 0.3 is 35.8 Å². The van der Waals surface area contributed by atoms with Gasteiger partial charge in [-0.1, -0.05) is 53.4 Å². The number of esters is 6. The predicted octanol–water partition coefficient (Wildman–Crippen LogP) is 8.09. The third-order valence-electron chi connectivity index (χ3n) is 7.47. The molecule has 0 aromatic rings. The second kappa shape index (κ2) is 30.0. The van der Waals surface area contributed by atoms with Crippen molar-refractivity contribution in [3.05, 3.63) is 0 Å². The molecular weight excluding hydrogens is 712 g/mol. The molecule has 1 heterocycles. The highest BCUT2D eigenvalue weighted by Gasteiger charge is 2.27. The van der Waals surface area contributed by atoms with E-state index < -0.39 is 16.8 Å². The first-order chi connectivity index (χ1) is 25.3. The summed E-state index contributed by atoms with van der Waals surface area (Å²) in [5, 5.41) is 9.00. The third kappa shape index (κ3) is 35.0. The summed E-state index contributed by atoms with van der Waals surface area (Å²) in [6, 6.07) is 0. The average Bonchev–Trinajstić information content (AvgIpc) is 3.46. The van der Waals surface area contributed by atoms with E-state index in [2.05, 4.69) is 16.4 Å². The van der Waals surface area contributed by atoms with Gasteiger partial charge in [-0.15, -0.1) is 0 Å². The van der Waals surface area contributed by atoms with Crippen molar-refractivity contribution in [1.29, 1.82) is 0 Å². The van der Waals surface area contributed by atoms with E-state index in [9.17, 15) is 28.8 Å². The molecule has 1 aliphatic heterocycles. The van der Waals surface area contributed by atoms with Crippen LogP contribution in [0.4, 0.5) is 0 Å². The van der Waals surface area contributed by atoms with E-state index in [-0.39, 0.29) is 73.0 Å². The van der Waals surface area contributed by atoms with Crippen molar-refractivity contribution in [3.63, 3.8) is 0 Å². The lowest BCUT2D eigenvalue weighted by Crippen LogP contribution is -2.27. The molecule has 0 aliphatic carbocycles. The molecular formula is C42H78O13. The van der Waals surface area contributed by atoms with Crippen LogP contribution in [0.5, 0.6) is 0 Å². The van der Waals surface area contributed by atoms with Crippen molar-refractivity contribution in [2.24, 2.45) is 23.7 Å². The van der Waals surface area contributed by atoms with Crippen molar-refractivity contribution < 1.29 is 62.3 Å². The highest BCUT2D eigenvalue weighted by atomic mass is 16.6. The Bertz CT molecular complexity index is 1040. The molecule has 1 fully saturated rings. The van der Waals surface area contributed by atoms with Gasteiger partial charge in [-0.3, -0.25) is 28.8 Å². The largest absolute Gasteiger partial charge is 0.469 e. The third-order valence-corrected chi connectivity index (χ3v) is 7.47. The maximum Gasteiger partial charge on any atom is 0.309 e. The molecule has 55 heavy (non-hydrogen) atoms. The fourth-order valence-corrected chi connectivity index (χ4v) is 5.25. The van der Waals surface area contributed by atoms with Gasteiger partial charge in [0.1, 0.15) is 16.8 Å². The number of rotatable bonds is 17. The molecule has 13 heteroatoms. The van der Waals surface area contributed by atoms with Crippen molar-refractivity contribution in [3.8, 4) is 0 Å². The van der Waals surface area contributed by atoms with Gasteiger partial charge in [0.25, 0.3) is 0 Å². The molecule has 1 N–H and O–H groups in total. The Morgan fingerprint density at radius 1 is 0.636 bits per heavy atom. The molecule has 13 nitrogen and oxygen atoms in total. The van der Waals surface area contributed by atoms with Crippen molar-refractivity contribution in [2.75, 3.05) is 27.4 Å². The molecule has 1 saturated heterocycles. The number of ether oxygens (including phenoxy) is 6. The molecule has 4 atom stereocenters. The van der Waals surface area contributed by atoms with E-state index in [4.69, 9.17) is 24.1 Å². The number of methoxy groups -OCH3 is 2. The Morgan fingerprint density at radius 2 is 1.00 bits per heavy atom. The number of carbonyl (C=O) groups excluding carboxylic acids is 6. The average molecular weight is 791 g/mol. The normalized spacial score (nSPS) is 15.4. The van der Waals surface area contributed by atoms with Crippen LogP contribution in [0.25, 0.3) is 0 Å². The van der Waals surface area contributed by atoms with Crippen LogP contribution in [0.2, 0.25) is 0 Å². The number of carbonyl (C=O) groups is 6. The zero-order valence-electron chi connectivity index (χ0n) is 37.1. The predicted molar refractivity (Wildman–Crippen MR) is 212 cm³/mol. The fraction of sp³-hybridized carbons (Fsp3) is 0.857. The van der Waals surface area contributed by atoms with Crippen LogP contribution in [0.1, 0.15) is 167 Å². The maximum atomic E-state index is 11.5. The van der Waals surface area contributed by atoms with Crippen molar-refractivity contribution in [1.82, 2.24) is 0 Å². The molecule has 0 radical (unpaired) electrons. The summed E-state index contributed by atoms with van der Waals surface area (Å²) >= 11 is 0. The van der Waals surface area contributed by atoms with Gasteiger partial charge in [0.15, 0.2) is 0 Å². The smallest absolute Gasteiger partial charge is 0.309 e. The van der Waals surface area contributed by atoms with Crippen LogP contribution in [0.3, 0.4) is 0 Å². The van der Waals surface area contributed by atoms with Crippen molar-refractivity contribution >= 4 is 35.8 Å². The van der Waals surface area contributed by atoms with Crippen LogP contribution in [0, 0.1) is 23.7 Å². The van der Waals surface area contributed by atoms with Crippen LogP contribution in [-0.2, 0) is 57.2 Å². The minimum absolute atomic E-state index is 0.0200. The summed E-state index contributed by atoms with van der Waals surface area (Å²) in [7, 11) is 2.67. The van der Waals surface area contributed by atoms with Crippen molar-refractivity contribution in [2.45, 2.75) is 184 Å². The van der Waals surface area contributed by atoms with Gasteiger partial charge < -0.3 is 33.5 Å². The zero-order chi connectivity index (χ0) is 43.4. The first-order valence-electron chi connectivity index (χ1n) is 19.9. The monoisotopic (exact) mass is 791 g/mol. The van der Waals surface area contributed by atoms with E-state index >= 15 is 0 Å². The molecule has 0 aromatic heterocycles. The molecule has 0 saturated carbocycles. The number of cyclic esters (lactones) is 1. The standard InChI is InChI=1S/2C12H22O4.C11H22O3.C7H12O2/c2*1-6-7-9(11(14)15-5)8-10(13)16-12(2,3)4;1-5-6-9(8-12)7-10(13)14-11(2,3)4;1-2-3-6-4-7(8)9-5-6/h2*9H,6-8H2,1-5H3;9,12H,5-8H2,1-4H3;6H,2-5H2,1H3/t9-;;9-;6-/m1.11/s1. The molecule has 0 amide bonds. The van der Waals surface area contributed by atoms with E-state index in [1.165, 1.54) is 14.2 Å². The number of hydrogen-bond donors (Lipinski definition) is 1. The number of aliphatic hydroxyl groups excluding tert-OH is 1. The van der Waals surface area contributed by atoms with E-state index in [0.717, 1.165) is 38.5 Å². The van der Waals surface area contributed by atoms with Crippen LogP contribution < -0.4 is 0 Å². The van der Waals surface area contributed by atoms with Gasteiger partial charge in [0.05, 0.1) is 58.3 Å². The Hall–Kier alpha value is -3.22. The van der Waals surface area contributed by atoms with Crippen LogP contribution in [0.15, 0.2) is 0 Å². The highest BCUT2D eigenvalue weighted by molar-refractivity contribution is 5.80. The second-order valence-electron chi connectivity index (χ2n) is 16.8. The SMILES string of the molecule is CCCC(CC(=O)OC(C)(C)C)C(=O)OC.CCC[C@@H](CO)CC(=O)OC(C)(C)C.CCC[C@H](CC(=O)OC(C)(C)C)C(=O)OC.CCC[C@H]1COC(=O)C1. The summed E-state index contributed by atoms with van der Waals surface area (Å²) in [6.45, 7) is 25.2. The minimum atomic E-state index is -0.510. The summed E-state index contributed by atoms with van der Waals surface area (Å²) in [6.07, 6.45) is 8.25. The Labute approximate surface area is 332 Å². The lowest BCUT2D eigenvalue weighted by molar-refractivity contribution is -0.161. The Balaban J connectivity index is -0.000000667. The van der Waals surface area contributed by atoms with Crippen LogP contribution in [-0.4, -0.2) is 85.2 Å². The van der Waals surface area contributed by atoms with Gasteiger partial charge in [-0.05, 0) is 93.9 Å². The van der Waals surface area contributed by atoms with E-state index in [1.54, 1.807) is 41.5 Å². The number of hydrogen-bond acceptors (Lipinski definition) is 13. The second-order valence-corrected chi connectivity index (χ2v) is 16.8. The zero-order valence-corrected chi connectivity index (χ0v) is 37.1. The molecule has 1 aliphatic rings. The number of aliphatic hydroxyl groups is 1. The molecule has 0 spiro atoms. The molecule has 1 unspecified atom stereocenters. The lowest BCUT2D eigenvalue weighted by atomic mass is 10.00. The summed E-state index contributed by atoms with van der Waals surface area (Å²) in [5.74, 6) is -1.82. The Morgan fingerprint density at radius 3 is 1.25 bits per heavy atom. The van der Waals surface area contributed by atoms with Gasteiger partial charge in [0, 0.05) is 12.5 Å². The molecule has 1 rings (SSSR count). The lowest BCUT2D eigenvalue weighted by Gasteiger charge is -2.21. The van der Waals surface area contributed by atoms with Gasteiger partial charge in [0.2, 0.25) is 0 Å². The van der Waals surface area contributed by atoms with Gasteiger partial charge in [-0.2, -0.15) is 0 Å². The van der Waals surface area contributed by atoms with Crippen LogP contribution >= 0.6 is 0 Å². The van der Waals surface area contributed by atoms with E-state index in [0.29, 0.717) is 38.2 Å². The quantitative estimate of drug-likeness (QED) is 0.111. The Kier molecular flexibility index (Phi) is 30.6. The van der Waals surface area contributed by atoms with Gasteiger partial charge in [-0.25, -0.2) is 0 Å². The summed E-state index contributed by atoms with van der Waals surface area (Å²) in [5.41, 5.74) is -1.45. The highest BCUT2D eigenvalue weighted by Crippen LogP contribution is 2.20. The molecule has 0 aromatic carbocycles. The minimum Gasteiger partial charge on any atom is -0.469 e. The summed E-state index contributed by atoms with van der Waals surface area (Å²) < 4.78 is 29.6.